The summed E-state index contributed by atoms with van der Waals surface area (Å²) in [5, 5.41) is 6.54. The summed E-state index contributed by atoms with van der Waals surface area (Å²) in [5.41, 5.74) is 2.52. The van der Waals surface area contributed by atoms with Crippen molar-refractivity contribution in [2.24, 2.45) is 0 Å². The Bertz CT molecular complexity index is 1170. The van der Waals surface area contributed by atoms with E-state index in [4.69, 9.17) is 4.74 Å². The second kappa shape index (κ2) is 10.7. The van der Waals surface area contributed by atoms with Crippen molar-refractivity contribution in [1.29, 1.82) is 0 Å². The number of amides is 4. The average molecular weight is 464 g/mol. The van der Waals surface area contributed by atoms with Crippen molar-refractivity contribution in [2.45, 2.75) is 13.0 Å². The second-order valence-corrected chi connectivity index (χ2v) is 8.14. The van der Waals surface area contributed by atoms with Crippen molar-refractivity contribution < 1.29 is 19.1 Å². The van der Waals surface area contributed by atoms with Gasteiger partial charge in [-0.15, -0.1) is 0 Å². The van der Waals surface area contributed by atoms with E-state index >= 15 is 0 Å². The number of rotatable bonds is 7. The number of hydrogen-bond donors (Lipinski definition) is 3. The van der Waals surface area contributed by atoms with Gasteiger partial charge in [0.15, 0.2) is 0 Å². The minimum atomic E-state index is -0.222. The van der Waals surface area contributed by atoms with Crippen molar-refractivity contribution in [3.05, 3.63) is 65.9 Å². The molecule has 9 nitrogen and oxygen atoms in total. The van der Waals surface area contributed by atoms with E-state index in [1.807, 2.05) is 48.5 Å². The molecule has 0 radical (unpaired) electrons. The molecule has 0 atom stereocenters. The highest BCUT2D eigenvalue weighted by molar-refractivity contribution is 6.06. The highest BCUT2D eigenvalue weighted by Gasteiger charge is 2.26. The van der Waals surface area contributed by atoms with Crippen LogP contribution >= 0.6 is 0 Å². The monoisotopic (exact) mass is 463 g/mol. The van der Waals surface area contributed by atoms with Crippen molar-refractivity contribution in [3.8, 4) is 5.75 Å². The molecule has 0 spiro atoms. The molecule has 178 valence electrons. The van der Waals surface area contributed by atoms with Crippen LogP contribution in [0, 0.1) is 0 Å². The minimum Gasteiger partial charge on any atom is -0.497 e. The molecular weight excluding hydrogens is 434 g/mol. The van der Waals surface area contributed by atoms with E-state index < -0.39 is 0 Å². The number of para-hydroxylation sites is 1. The van der Waals surface area contributed by atoms with Crippen LogP contribution in [0.25, 0.3) is 10.9 Å². The largest absolute Gasteiger partial charge is 0.497 e. The first-order valence-corrected chi connectivity index (χ1v) is 11.3. The molecule has 2 heterocycles. The number of nitrogens with zero attached hydrogens (tertiary/aromatic N) is 2. The first kappa shape index (κ1) is 23.2. The van der Waals surface area contributed by atoms with E-state index in [1.54, 1.807) is 23.1 Å². The number of piperazine rings is 1. The number of fused-ring (bicyclic) bond motifs is 1. The molecule has 3 N–H and O–H groups in total. The summed E-state index contributed by atoms with van der Waals surface area (Å²) < 4.78 is 5.18. The van der Waals surface area contributed by atoms with Crippen LogP contribution in [-0.2, 0) is 11.3 Å². The van der Waals surface area contributed by atoms with Gasteiger partial charge in [0, 0.05) is 62.8 Å². The molecule has 34 heavy (non-hydrogen) atoms. The zero-order valence-electron chi connectivity index (χ0n) is 19.2. The number of carbonyl (C=O) groups is 3. The number of H-pyrrole nitrogens is 1. The van der Waals surface area contributed by atoms with Crippen LogP contribution in [0.4, 0.5) is 4.79 Å². The fourth-order valence-electron chi connectivity index (χ4n) is 4.00. The van der Waals surface area contributed by atoms with E-state index in [2.05, 4.69) is 15.6 Å². The smallest absolute Gasteiger partial charge is 0.317 e. The van der Waals surface area contributed by atoms with Gasteiger partial charge in [0.25, 0.3) is 5.91 Å². The maximum atomic E-state index is 12.9. The predicted octanol–water partition coefficient (Wildman–Crippen LogP) is 2.35. The highest BCUT2D eigenvalue weighted by Crippen LogP contribution is 2.20. The third-order valence-corrected chi connectivity index (χ3v) is 5.93. The SMILES string of the molecule is COc1cccc(CNC(=O)CCNC(=O)N2CCN(C(=O)c3c[nH]c4ccccc34)CC2)c1. The van der Waals surface area contributed by atoms with Gasteiger partial charge in [-0.3, -0.25) is 9.59 Å². The first-order chi connectivity index (χ1) is 16.5. The maximum Gasteiger partial charge on any atom is 0.317 e. The molecule has 3 aromatic rings. The number of ether oxygens (including phenoxy) is 1. The number of carbonyl (C=O) groups excluding carboxylic acids is 3. The van der Waals surface area contributed by atoms with Crippen LogP contribution in [-0.4, -0.2) is 72.5 Å². The standard InChI is InChI=1S/C25H29N5O4/c1-34-19-6-4-5-18(15-19)16-28-23(31)9-10-26-25(33)30-13-11-29(12-14-30)24(32)21-17-27-22-8-3-2-7-20(21)22/h2-8,15,17,27H,9-14,16H2,1H3,(H,26,33)(H,28,31). The summed E-state index contributed by atoms with van der Waals surface area (Å²) in [5.74, 6) is 0.560. The van der Waals surface area contributed by atoms with Gasteiger partial charge >= 0.3 is 6.03 Å². The Kier molecular flexibility index (Phi) is 7.31. The van der Waals surface area contributed by atoms with Crippen LogP contribution in [0.3, 0.4) is 0 Å². The van der Waals surface area contributed by atoms with Crippen LogP contribution in [0.5, 0.6) is 5.75 Å². The van der Waals surface area contributed by atoms with Gasteiger partial charge in [0.2, 0.25) is 5.91 Å². The Balaban J connectivity index is 1.17. The zero-order valence-corrected chi connectivity index (χ0v) is 19.2. The summed E-state index contributed by atoms with van der Waals surface area (Å²) in [6, 6.07) is 15.0. The average Bonchev–Trinajstić information content (AvgIpc) is 3.31. The molecule has 1 aliphatic rings. The number of aromatic nitrogens is 1. The number of methoxy groups -OCH3 is 1. The lowest BCUT2D eigenvalue weighted by Crippen LogP contribution is -2.53. The van der Waals surface area contributed by atoms with Gasteiger partial charge in [-0.2, -0.15) is 0 Å². The Morgan fingerprint density at radius 3 is 2.53 bits per heavy atom. The Labute approximate surface area is 198 Å². The summed E-state index contributed by atoms with van der Waals surface area (Å²) in [7, 11) is 1.60. The van der Waals surface area contributed by atoms with Gasteiger partial charge in [-0.05, 0) is 23.8 Å². The molecule has 0 unspecified atom stereocenters. The van der Waals surface area contributed by atoms with E-state index in [9.17, 15) is 14.4 Å². The van der Waals surface area contributed by atoms with E-state index in [0.717, 1.165) is 22.2 Å². The second-order valence-electron chi connectivity index (χ2n) is 8.14. The minimum absolute atomic E-state index is 0.0368. The number of urea groups is 1. The molecular formula is C25H29N5O4. The summed E-state index contributed by atoms with van der Waals surface area (Å²) in [4.78, 5) is 44.1. The Hall–Kier alpha value is -4.01. The number of aromatic amines is 1. The molecule has 9 heteroatoms. The maximum absolute atomic E-state index is 12.9. The van der Waals surface area contributed by atoms with E-state index in [1.165, 1.54) is 0 Å². The van der Waals surface area contributed by atoms with Crippen LogP contribution < -0.4 is 15.4 Å². The van der Waals surface area contributed by atoms with E-state index in [0.29, 0.717) is 38.3 Å². The van der Waals surface area contributed by atoms with Crippen molar-refractivity contribution in [1.82, 2.24) is 25.4 Å². The van der Waals surface area contributed by atoms with Crippen LogP contribution in [0.1, 0.15) is 22.3 Å². The van der Waals surface area contributed by atoms with Crippen molar-refractivity contribution in [2.75, 3.05) is 39.8 Å². The van der Waals surface area contributed by atoms with Gasteiger partial charge in [-0.1, -0.05) is 30.3 Å². The van der Waals surface area contributed by atoms with Crippen LogP contribution in [0.2, 0.25) is 0 Å². The van der Waals surface area contributed by atoms with Crippen molar-refractivity contribution >= 4 is 28.7 Å². The molecule has 1 saturated heterocycles. The lowest BCUT2D eigenvalue weighted by Gasteiger charge is -2.34. The normalized spacial score (nSPS) is 13.6. The molecule has 0 bridgehead atoms. The molecule has 4 amide bonds. The molecule has 0 saturated carbocycles. The Morgan fingerprint density at radius 1 is 0.971 bits per heavy atom. The number of hydrogen-bond acceptors (Lipinski definition) is 4. The lowest BCUT2D eigenvalue weighted by molar-refractivity contribution is -0.121. The highest BCUT2D eigenvalue weighted by atomic mass is 16.5. The fourth-order valence-corrected chi connectivity index (χ4v) is 4.00. The number of nitrogens with one attached hydrogen (secondary N) is 3. The van der Waals surface area contributed by atoms with E-state index in [-0.39, 0.29) is 30.8 Å². The molecule has 4 rings (SSSR count). The first-order valence-electron chi connectivity index (χ1n) is 11.3. The summed E-state index contributed by atoms with van der Waals surface area (Å²) >= 11 is 0. The topological polar surface area (TPSA) is 107 Å². The van der Waals surface area contributed by atoms with Crippen molar-refractivity contribution in [3.63, 3.8) is 0 Å². The van der Waals surface area contributed by atoms with Gasteiger partial charge in [0.05, 0.1) is 12.7 Å². The Morgan fingerprint density at radius 2 is 1.74 bits per heavy atom. The van der Waals surface area contributed by atoms with Gasteiger partial charge in [0.1, 0.15) is 5.75 Å². The zero-order chi connectivity index (χ0) is 23.9. The summed E-state index contributed by atoms with van der Waals surface area (Å²) in [6.45, 7) is 2.47. The lowest BCUT2D eigenvalue weighted by atomic mass is 10.1. The number of benzene rings is 2. The van der Waals surface area contributed by atoms with Gasteiger partial charge < -0.3 is 30.2 Å². The molecule has 1 fully saturated rings. The molecule has 2 aromatic carbocycles. The predicted molar refractivity (Wildman–Crippen MR) is 129 cm³/mol. The molecule has 0 aliphatic carbocycles. The van der Waals surface area contributed by atoms with Gasteiger partial charge in [-0.25, -0.2) is 4.79 Å². The third kappa shape index (κ3) is 5.48. The molecule has 1 aliphatic heterocycles. The quantitative estimate of drug-likeness (QED) is 0.500. The third-order valence-electron chi connectivity index (χ3n) is 5.93. The van der Waals surface area contributed by atoms with Crippen LogP contribution in [0.15, 0.2) is 54.7 Å². The fraction of sp³-hybridized carbons (Fsp3) is 0.320. The molecule has 1 aromatic heterocycles. The summed E-state index contributed by atoms with van der Waals surface area (Å²) in [6.07, 6.45) is 1.93.